The topological polar surface area (TPSA) is 105 Å². The highest BCUT2D eigenvalue weighted by Gasteiger charge is 2.33. The Morgan fingerprint density at radius 3 is 2.21 bits per heavy atom. The quantitative estimate of drug-likeness (QED) is 0.474. The maximum absolute atomic E-state index is 12.4. The molecule has 2 aliphatic rings. The van der Waals surface area contributed by atoms with Crippen LogP contribution in [0.2, 0.25) is 0 Å². The van der Waals surface area contributed by atoms with Crippen LogP contribution in [0, 0.1) is 5.92 Å². The van der Waals surface area contributed by atoms with E-state index in [4.69, 9.17) is 9.84 Å². The van der Waals surface area contributed by atoms with E-state index < -0.39 is 12.1 Å². The normalized spacial score (nSPS) is 18.5. The number of amides is 2. The molecule has 0 atom stereocenters. The van der Waals surface area contributed by atoms with Gasteiger partial charge >= 0.3 is 12.1 Å². The summed E-state index contributed by atoms with van der Waals surface area (Å²) in [7, 11) is 0. The van der Waals surface area contributed by atoms with Gasteiger partial charge < -0.3 is 20.5 Å². The van der Waals surface area contributed by atoms with Crippen molar-refractivity contribution in [2.45, 2.75) is 50.5 Å². The van der Waals surface area contributed by atoms with Crippen molar-refractivity contribution in [1.29, 1.82) is 0 Å². The van der Waals surface area contributed by atoms with Gasteiger partial charge in [-0.25, -0.2) is 4.79 Å². The minimum atomic E-state index is -0.814. The molecule has 0 unspecified atom stereocenters. The molecule has 0 saturated heterocycles. The third-order valence-corrected chi connectivity index (χ3v) is 6.52. The summed E-state index contributed by atoms with van der Waals surface area (Å²) in [6.07, 6.45) is 2.89. The molecule has 2 aromatic carbocycles. The summed E-state index contributed by atoms with van der Waals surface area (Å²) in [5.74, 6) is -0.542. The Morgan fingerprint density at radius 2 is 1.58 bits per heavy atom. The molecule has 7 nitrogen and oxygen atoms in total. The monoisotopic (exact) mass is 450 g/mol. The van der Waals surface area contributed by atoms with Crippen LogP contribution in [0.3, 0.4) is 0 Å². The number of ether oxygens (including phenoxy) is 1. The molecular formula is C26H30N2O5. The van der Waals surface area contributed by atoms with E-state index in [1.54, 1.807) is 0 Å². The molecule has 0 aromatic heterocycles. The molecule has 0 aliphatic heterocycles. The summed E-state index contributed by atoms with van der Waals surface area (Å²) in [6, 6.07) is 16.5. The van der Waals surface area contributed by atoms with Gasteiger partial charge in [0.15, 0.2) is 0 Å². The van der Waals surface area contributed by atoms with Gasteiger partial charge in [0.25, 0.3) is 0 Å². The Labute approximate surface area is 193 Å². The average molecular weight is 451 g/mol. The maximum Gasteiger partial charge on any atom is 0.407 e. The van der Waals surface area contributed by atoms with Crippen LogP contribution < -0.4 is 10.6 Å². The van der Waals surface area contributed by atoms with Crippen molar-refractivity contribution >= 4 is 18.0 Å². The van der Waals surface area contributed by atoms with Crippen LogP contribution in [-0.4, -0.2) is 42.3 Å². The summed E-state index contributed by atoms with van der Waals surface area (Å²) in [5, 5.41) is 14.4. The molecule has 4 rings (SSSR count). The minimum absolute atomic E-state index is 0.0186. The first-order valence-corrected chi connectivity index (χ1v) is 11.6. The number of hydrogen-bond acceptors (Lipinski definition) is 4. The number of rotatable bonds is 10. The van der Waals surface area contributed by atoms with Gasteiger partial charge in [-0.1, -0.05) is 48.5 Å². The number of benzene rings is 2. The van der Waals surface area contributed by atoms with Gasteiger partial charge in [-0.15, -0.1) is 0 Å². The van der Waals surface area contributed by atoms with Crippen molar-refractivity contribution < 1.29 is 24.2 Å². The van der Waals surface area contributed by atoms with E-state index in [-0.39, 0.29) is 30.2 Å². The molecule has 2 aliphatic carbocycles. The molecule has 1 saturated carbocycles. The molecule has 0 radical (unpaired) electrons. The van der Waals surface area contributed by atoms with Crippen LogP contribution in [0.25, 0.3) is 11.1 Å². The van der Waals surface area contributed by atoms with Gasteiger partial charge in [0.2, 0.25) is 5.91 Å². The SMILES string of the molecule is O=C(O)CCCCNC(=O)CC1CC(NC(=O)OCC2c3ccccc3-c3ccccc32)C1. The average Bonchev–Trinajstić information content (AvgIpc) is 3.09. The largest absolute Gasteiger partial charge is 0.481 e. The molecule has 0 heterocycles. The minimum Gasteiger partial charge on any atom is -0.481 e. The van der Waals surface area contributed by atoms with E-state index in [9.17, 15) is 14.4 Å². The zero-order valence-corrected chi connectivity index (χ0v) is 18.6. The predicted octanol–water partition coefficient (Wildman–Crippen LogP) is 4.06. The third kappa shape index (κ3) is 5.72. The fraction of sp³-hybridized carbons (Fsp3) is 0.423. The molecule has 0 spiro atoms. The van der Waals surface area contributed by atoms with Gasteiger partial charge in [0, 0.05) is 31.3 Å². The van der Waals surface area contributed by atoms with Crippen LogP contribution >= 0.6 is 0 Å². The number of carboxylic acid groups (broad SMARTS) is 1. The lowest BCUT2D eigenvalue weighted by atomic mass is 9.78. The second-order valence-electron chi connectivity index (χ2n) is 8.91. The van der Waals surface area contributed by atoms with Gasteiger partial charge in [-0.05, 0) is 53.9 Å². The third-order valence-electron chi connectivity index (χ3n) is 6.52. The maximum atomic E-state index is 12.4. The molecule has 2 aromatic rings. The van der Waals surface area contributed by atoms with Crippen LogP contribution in [0.4, 0.5) is 4.79 Å². The highest BCUT2D eigenvalue weighted by Crippen LogP contribution is 2.44. The van der Waals surface area contributed by atoms with Crippen molar-refractivity contribution in [1.82, 2.24) is 10.6 Å². The summed E-state index contributed by atoms with van der Waals surface area (Å²) in [6.45, 7) is 0.792. The Kier molecular flexibility index (Phi) is 7.27. The summed E-state index contributed by atoms with van der Waals surface area (Å²) < 4.78 is 5.58. The first-order chi connectivity index (χ1) is 16.0. The number of carboxylic acids is 1. The van der Waals surface area contributed by atoms with Crippen molar-refractivity contribution in [2.75, 3.05) is 13.2 Å². The van der Waals surface area contributed by atoms with Crippen molar-refractivity contribution in [3.8, 4) is 11.1 Å². The molecule has 1 fully saturated rings. The van der Waals surface area contributed by atoms with E-state index >= 15 is 0 Å². The Bertz CT molecular complexity index is 970. The van der Waals surface area contributed by atoms with Crippen LogP contribution in [0.1, 0.15) is 55.6 Å². The lowest BCUT2D eigenvalue weighted by Gasteiger charge is -2.35. The van der Waals surface area contributed by atoms with Crippen LogP contribution in [-0.2, 0) is 14.3 Å². The van der Waals surface area contributed by atoms with Crippen molar-refractivity contribution in [2.24, 2.45) is 5.92 Å². The second kappa shape index (κ2) is 10.5. The first-order valence-electron chi connectivity index (χ1n) is 11.6. The zero-order valence-electron chi connectivity index (χ0n) is 18.6. The summed E-state index contributed by atoms with van der Waals surface area (Å²) >= 11 is 0. The van der Waals surface area contributed by atoms with Gasteiger partial charge in [-0.2, -0.15) is 0 Å². The van der Waals surface area contributed by atoms with Crippen LogP contribution in [0.5, 0.6) is 0 Å². The molecular weight excluding hydrogens is 420 g/mol. The van der Waals surface area contributed by atoms with E-state index in [2.05, 4.69) is 34.9 Å². The molecule has 2 amide bonds. The number of carbonyl (C=O) groups is 3. The van der Waals surface area contributed by atoms with Gasteiger partial charge in [0.05, 0.1) is 0 Å². The second-order valence-corrected chi connectivity index (χ2v) is 8.91. The van der Waals surface area contributed by atoms with E-state index in [1.165, 1.54) is 22.3 Å². The molecule has 0 bridgehead atoms. The highest BCUT2D eigenvalue weighted by molar-refractivity contribution is 5.79. The van der Waals surface area contributed by atoms with E-state index in [0.717, 1.165) is 12.8 Å². The fourth-order valence-corrected chi connectivity index (χ4v) is 4.79. The molecule has 7 heteroatoms. The number of fused-ring (bicyclic) bond motifs is 3. The molecule has 3 N–H and O–H groups in total. The number of aliphatic carboxylic acids is 1. The number of alkyl carbamates (subject to hydrolysis) is 1. The van der Waals surface area contributed by atoms with E-state index in [0.29, 0.717) is 32.4 Å². The predicted molar refractivity (Wildman–Crippen MR) is 124 cm³/mol. The number of nitrogens with one attached hydrogen (secondary N) is 2. The summed E-state index contributed by atoms with van der Waals surface area (Å²) in [5.41, 5.74) is 4.77. The lowest BCUT2D eigenvalue weighted by molar-refractivity contribution is -0.137. The van der Waals surface area contributed by atoms with Crippen molar-refractivity contribution in [3.05, 3.63) is 59.7 Å². The molecule has 33 heavy (non-hydrogen) atoms. The van der Waals surface area contributed by atoms with Gasteiger partial charge in [-0.3, -0.25) is 9.59 Å². The highest BCUT2D eigenvalue weighted by atomic mass is 16.5. The lowest BCUT2D eigenvalue weighted by Crippen LogP contribution is -2.46. The smallest absolute Gasteiger partial charge is 0.407 e. The molecule has 174 valence electrons. The van der Waals surface area contributed by atoms with E-state index in [1.807, 2.05) is 24.3 Å². The number of carbonyl (C=O) groups excluding carboxylic acids is 2. The van der Waals surface area contributed by atoms with Crippen molar-refractivity contribution in [3.63, 3.8) is 0 Å². The number of unbranched alkanes of at least 4 members (excludes halogenated alkanes) is 1. The Morgan fingerprint density at radius 1 is 0.939 bits per heavy atom. The fourth-order valence-electron chi connectivity index (χ4n) is 4.79. The summed E-state index contributed by atoms with van der Waals surface area (Å²) in [4.78, 5) is 34.8. The van der Waals surface area contributed by atoms with Gasteiger partial charge in [0.1, 0.15) is 6.61 Å². The zero-order chi connectivity index (χ0) is 23.2. The Hall–Kier alpha value is -3.35. The standard InChI is InChI=1S/C26H30N2O5/c29-24(27-12-6-5-11-25(30)31)15-17-13-18(14-17)28-26(32)33-16-23-21-9-3-1-7-19(21)20-8-2-4-10-22(20)23/h1-4,7-10,17-18,23H,5-6,11-16H2,(H,27,29)(H,28,32)(H,30,31). The number of hydrogen-bond donors (Lipinski definition) is 3. The van der Waals surface area contributed by atoms with Crippen LogP contribution in [0.15, 0.2) is 48.5 Å². The first kappa shape index (κ1) is 22.8. The Balaban J connectivity index is 1.15.